The number of pyridine rings is 1. The highest BCUT2D eigenvalue weighted by Gasteiger charge is 2.39. The van der Waals surface area contributed by atoms with Gasteiger partial charge in [-0.25, -0.2) is 18.7 Å². The first-order chi connectivity index (χ1) is 14.3. The third-order valence-corrected chi connectivity index (χ3v) is 4.88. The minimum Gasteiger partial charge on any atom is -0.431 e. The summed E-state index contributed by atoms with van der Waals surface area (Å²) in [7, 11) is 0. The zero-order chi connectivity index (χ0) is 21.3. The Kier molecular flexibility index (Phi) is 5.50. The Labute approximate surface area is 169 Å². The molecule has 2 fully saturated rings. The zero-order valence-electron chi connectivity index (χ0n) is 15.9. The fourth-order valence-electron chi connectivity index (χ4n) is 3.36. The van der Waals surface area contributed by atoms with Gasteiger partial charge in [0.15, 0.2) is 11.6 Å². The van der Waals surface area contributed by atoms with Gasteiger partial charge < -0.3 is 25.0 Å². The van der Waals surface area contributed by atoms with Gasteiger partial charge in [0, 0.05) is 43.9 Å². The number of hydrogen-bond acceptors (Lipinski definition) is 8. The fraction of sp³-hybridized carbons (Fsp3) is 0.500. The molecule has 0 radical (unpaired) electrons. The molecule has 162 valence electrons. The highest BCUT2D eigenvalue weighted by atomic mass is 19.3. The van der Waals surface area contributed by atoms with Gasteiger partial charge in [-0.2, -0.15) is 13.8 Å². The summed E-state index contributed by atoms with van der Waals surface area (Å²) in [4.78, 5) is 16.1. The van der Waals surface area contributed by atoms with Crippen molar-refractivity contribution in [1.29, 1.82) is 0 Å². The van der Waals surface area contributed by atoms with Crippen LogP contribution in [-0.4, -0.2) is 66.9 Å². The molecule has 8 nitrogen and oxygen atoms in total. The van der Waals surface area contributed by atoms with E-state index in [0.717, 1.165) is 0 Å². The van der Waals surface area contributed by atoms with Crippen LogP contribution in [0.15, 0.2) is 18.3 Å². The lowest BCUT2D eigenvalue weighted by Gasteiger charge is -2.29. The highest BCUT2D eigenvalue weighted by molar-refractivity contribution is 5.68. The fourth-order valence-corrected chi connectivity index (χ4v) is 3.36. The molecule has 12 heteroatoms. The molecule has 0 saturated carbocycles. The molecule has 4 heterocycles. The van der Waals surface area contributed by atoms with Crippen molar-refractivity contribution < 1.29 is 27.0 Å². The van der Waals surface area contributed by atoms with Crippen LogP contribution in [0.3, 0.4) is 0 Å². The van der Waals surface area contributed by atoms with Crippen LogP contribution in [0.1, 0.15) is 6.42 Å². The van der Waals surface area contributed by atoms with Crippen LogP contribution in [0.2, 0.25) is 0 Å². The summed E-state index contributed by atoms with van der Waals surface area (Å²) in [6, 6.07) is 2.95. The van der Waals surface area contributed by atoms with E-state index in [1.807, 2.05) is 4.90 Å². The molecule has 2 N–H and O–H groups in total. The van der Waals surface area contributed by atoms with Crippen molar-refractivity contribution in [3.05, 3.63) is 18.3 Å². The molecule has 0 bridgehead atoms. The smallest absolute Gasteiger partial charge is 0.387 e. The molecule has 4 rings (SSSR count). The van der Waals surface area contributed by atoms with E-state index in [1.54, 1.807) is 6.07 Å². The monoisotopic (exact) mass is 428 g/mol. The summed E-state index contributed by atoms with van der Waals surface area (Å²) < 4.78 is 62.6. The average Bonchev–Trinajstić information content (AvgIpc) is 3.09. The third kappa shape index (κ3) is 4.48. The molecule has 0 atom stereocenters. The van der Waals surface area contributed by atoms with Gasteiger partial charge in [0.2, 0.25) is 5.95 Å². The summed E-state index contributed by atoms with van der Waals surface area (Å²) in [5.74, 6) is -2.63. The van der Waals surface area contributed by atoms with Gasteiger partial charge in [0.05, 0.1) is 25.5 Å². The topological polar surface area (TPSA) is 89.6 Å². The van der Waals surface area contributed by atoms with Crippen LogP contribution >= 0.6 is 0 Å². The second kappa shape index (κ2) is 8.09. The van der Waals surface area contributed by atoms with Gasteiger partial charge in [-0.15, -0.1) is 0 Å². The van der Waals surface area contributed by atoms with Gasteiger partial charge in [-0.05, 0) is 6.07 Å². The molecule has 2 aliphatic heterocycles. The summed E-state index contributed by atoms with van der Waals surface area (Å²) >= 11 is 0. The molecule has 0 aliphatic carbocycles. The van der Waals surface area contributed by atoms with Gasteiger partial charge in [-0.3, -0.25) is 0 Å². The van der Waals surface area contributed by atoms with E-state index in [-0.39, 0.29) is 30.5 Å². The summed E-state index contributed by atoms with van der Waals surface area (Å²) in [5, 5.41) is 0. The van der Waals surface area contributed by atoms with Gasteiger partial charge in [0.25, 0.3) is 5.92 Å². The number of morpholine rings is 1. The number of nitrogen functional groups attached to an aromatic ring is 1. The van der Waals surface area contributed by atoms with E-state index in [2.05, 4.69) is 19.7 Å². The number of halogens is 4. The Bertz CT molecular complexity index is 910. The number of nitrogens with zero attached hydrogens (tertiary/aromatic N) is 5. The lowest BCUT2D eigenvalue weighted by atomic mass is 10.2. The summed E-state index contributed by atoms with van der Waals surface area (Å²) in [5.41, 5.74) is 6.29. The summed E-state index contributed by atoms with van der Waals surface area (Å²) in [6.07, 6.45) is 1.07. The van der Waals surface area contributed by atoms with Gasteiger partial charge >= 0.3 is 6.61 Å². The largest absolute Gasteiger partial charge is 0.431 e. The van der Waals surface area contributed by atoms with E-state index >= 15 is 0 Å². The maximum absolute atomic E-state index is 13.7. The van der Waals surface area contributed by atoms with E-state index < -0.39 is 19.1 Å². The number of alkyl halides is 4. The minimum atomic E-state index is -3.07. The first kappa shape index (κ1) is 20.4. The lowest BCUT2D eigenvalue weighted by molar-refractivity contribution is -0.0494. The molecule has 0 unspecified atom stereocenters. The van der Waals surface area contributed by atoms with E-state index in [9.17, 15) is 17.6 Å². The number of rotatable bonds is 5. The Morgan fingerprint density at radius 2 is 1.87 bits per heavy atom. The Morgan fingerprint density at radius 3 is 2.53 bits per heavy atom. The molecule has 0 spiro atoms. The Hall–Kier alpha value is -2.89. The van der Waals surface area contributed by atoms with Crippen LogP contribution in [-0.2, 0) is 4.74 Å². The third-order valence-electron chi connectivity index (χ3n) is 4.88. The number of aromatic nitrogens is 3. The van der Waals surface area contributed by atoms with E-state index in [1.165, 1.54) is 17.2 Å². The standard InChI is InChI=1S/C18H20F4N6O2/c19-16(20)30-13-7-11(9-24-15(13)23)12-8-14(27-3-5-29-6-4-27)26-17(25-12)28-2-1-18(21,22)10-28/h7-9,16H,1-6,10H2,(H2,23,24). The minimum absolute atomic E-state index is 0.110. The molecule has 2 saturated heterocycles. The first-order valence-electron chi connectivity index (χ1n) is 9.36. The maximum Gasteiger partial charge on any atom is 0.387 e. The first-order valence-corrected chi connectivity index (χ1v) is 9.36. The number of ether oxygens (including phenoxy) is 2. The molecule has 0 amide bonds. The average molecular weight is 428 g/mol. The van der Waals surface area contributed by atoms with Crippen LogP contribution in [0.4, 0.5) is 35.1 Å². The second-order valence-electron chi connectivity index (χ2n) is 7.02. The van der Waals surface area contributed by atoms with E-state index in [4.69, 9.17) is 10.5 Å². The Balaban J connectivity index is 1.74. The predicted octanol–water partition coefficient (Wildman–Crippen LogP) is 2.40. The Morgan fingerprint density at radius 1 is 1.10 bits per heavy atom. The zero-order valence-corrected chi connectivity index (χ0v) is 15.9. The van der Waals surface area contributed by atoms with Crippen molar-refractivity contribution in [2.75, 3.05) is 54.9 Å². The molecule has 2 aliphatic rings. The van der Waals surface area contributed by atoms with Gasteiger partial charge in [-0.1, -0.05) is 0 Å². The molecular formula is C18H20F4N6O2. The van der Waals surface area contributed by atoms with Crippen LogP contribution in [0.25, 0.3) is 11.3 Å². The van der Waals surface area contributed by atoms with Crippen LogP contribution in [0, 0.1) is 0 Å². The second-order valence-corrected chi connectivity index (χ2v) is 7.02. The molecule has 0 aromatic carbocycles. The van der Waals surface area contributed by atoms with Crippen LogP contribution < -0.4 is 20.3 Å². The van der Waals surface area contributed by atoms with Crippen molar-refractivity contribution in [1.82, 2.24) is 15.0 Å². The predicted molar refractivity (Wildman–Crippen MR) is 101 cm³/mol. The van der Waals surface area contributed by atoms with E-state index in [0.29, 0.717) is 43.4 Å². The number of hydrogen-bond donors (Lipinski definition) is 1. The molecular weight excluding hydrogens is 408 g/mol. The normalized spacial score (nSPS) is 18.8. The highest BCUT2D eigenvalue weighted by Crippen LogP contribution is 2.33. The van der Waals surface area contributed by atoms with Crippen LogP contribution in [0.5, 0.6) is 5.75 Å². The number of nitrogens with two attached hydrogens (primary N) is 1. The van der Waals surface area contributed by atoms with Crippen molar-refractivity contribution in [3.63, 3.8) is 0 Å². The summed E-state index contributed by atoms with van der Waals surface area (Å²) in [6.45, 7) is -1.28. The quantitative estimate of drug-likeness (QED) is 0.727. The maximum atomic E-state index is 13.7. The number of anilines is 3. The molecule has 2 aromatic rings. The molecule has 30 heavy (non-hydrogen) atoms. The van der Waals surface area contributed by atoms with Crippen molar-refractivity contribution in [2.45, 2.75) is 19.0 Å². The van der Waals surface area contributed by atoms with Crippen molar-refractivity contribution in [2.24, 2.45) is 0 Å². The lowest BCUT2D eigenvalue weighted by Crippen LogP contribution is -2.37. The SMILES string of the molecule is Nc1ncc(-c2cc(N3CCOCC3)nc(N3CCC(F)(F)C3)n2)cc1OC(F)F. The van der Waals surface area contributed by atoms with Crippen molar-refractivity contribution in [3.8, 4) is 17.0 Å². The molecule has 2 aromatic heterocycles. The van der Waals surface area contributed by atoms with Crippen molar-refractivity contribution >= 4 is 17.6 Å². The van der Waals surface area contributed by atoms with Gasteiger partial charge in [0.1, 0.15) is 5.82 Å².